The monoisotopic (exact) mass is 237 g/mol. The Kier molecular flexibility index (Phi) is 4.69. The van der Waals surface area contributed by atoms with Crippen molar-refractivity contribution < 1.29 is 14.3 Å². The third kappa shape index (κ3) is 3.31. The first-order valence-corrected chi connectivity index (χ1v) is 5.41. The summed E-state index contributed by atoms with van der Waals surface area (Å²) >= 11 is 0. The Labute approximate surface area is 100 Å². The number of halogens is 1. The molecule has 1 rings (SSSR count). The fraction of sp³-hybridized carbons (Fsp3) is 0.308. The van der Waals surface area contributed by atoms with Crippen LogP contribution >= 0.6 is 0 Å². The van der Waals surface area contributed by atoms with Gasteiger partial charge in [0.1, 0.15) is 17.1 Å². The molecule has 0 fully saturated rings. The lowest BCUT2D eigenvalue weighted by Gasteiger charge is -2.17. The number of hydrogen-bond acceptors (Lipinski definition) is 2. The molecule has 0 saturated carbocycles. The summed E-state index contributed by atoms with van der Waals surface area (Å²) in [6.45, 7) is 4.08. The summed E-state index contributed by atoms with van der Waals surface area (Å²) in [6, 6.07) is 3.82. The van der Waals surface area contributed by atoms with Crippen LogP contribution in [0.25, 0.3) is 0 Å². The summed E-state index contributed by atoms with van der Waals surface area (Å²) in [6.07, 6.45) is 3.32. The Morgan fingerprint density at radius 3 is 2.88 bits per heavy atom. The van der Waals surface area contributed by atoms with Crippen LogP contribution < -0.4 is 0 Å². The summed E-state index contributed by atoms with van der Waals surface area (Å²) in [5.74, 6) is -1.54. The zero-order valence-corrected chi connectivity index (χ0v) is 9.82. The van der Waals surface area contributed by atoms with Crippen LogP contribution in [-0.4, -0.2) is 29.5 Å². The highest BCUT2D eigenvalue weighted by molar-refractivity contribution is 5.96. The standard InChI is InChI=1S/C13H16FNO2/c1-3-4-5-9-15(2)13(17)12-10(14)7-6-8-11(12)16/h3,6-8,16H,1,4-5,9H2,2H3. The van der Waals surface area contributed by atoms with Crippen LogP contribution in [0.4, 0.5) is 4.39 Å². The van der Waals surface area contributed by atoms with Crippen LogP contribution in [-0.2, 0) is 0 Å². The van der Waals surface area contributed by atoms with Gasteiger partial charge in [0.2, 0.25) is 0 Å². The van der Waals surface area contributed by atoms with Gasteiger partial charge >= 0.3 is 0 Å². The Balaban J connectivity index is 2.78. The highest BCUT2D eigenvalue weighted by atomic mass is 19.1. The molecule has 92 valence electrons. The van der Waals surface area contributed by atoms with E-state index in [4.69, 9.17) is 0 Å². The maximum absolute atomic E-state index is 13.4. The molecule has 1 aromatic rings. The first-order chi connectivity index (χ1) is 8.07. The molecule has 0 aliphatic carbocycles. The predicted octanol–water partition coefficient (Wildman–Crippen LogP) is 2.57. The average molecular weight is 237 g/mol. The van der Waals surface area contributed by atoms with Crippen molar-refractivity contribution in [3.8, 4) is 5.75 Å². The van der Waals surface area contributed by atoms with Crippen molar-refractivity contribution >= 4 is 5.91 Å². The molecule has 1 amide bonds. The summed E-state index contributed by atoms with van der Waals surface area (Å²) in [4.78, 5) is 13.3. The van der Waals surface area contributed by atoms with Crippen molar-refractivity contribution in [2.24, 2.45) is 0 Å². The average Bonchev–Trinajstić information content (AvgIpc) is 2.28. The molecule has 0 spiro atoms. The Morgan fingerprint density at radius 2 is 2.29 bits per heavy atom. The number of phenolic OH excluding ortho intramolecular Hbond substituents is 1. The molecule has 1 N–H and O–H groups in total. The van der Waals surface area contributed by atoms with E-state index in [9.17, 15) is 14.3 Å². The van der Waals surface area contributed by atoms with Gasteiger partial charge in [0.25, 0.3) is 5.91 Å². The van der Waals surface area contributed by atoms with Gasteiger partial charge in [-0.2, -0.15) is 0 Å². The quantitative estimate of drug-likeness (QED) is 0.631. The van der Waals surface area contributed by atoms with Crippen molar-refractivity contribution in [2.75, 3.05) is 13.6 Å². The number of phenols is 1. The normalized spacial score (nSPS) is 10.0. The highest BCUT2D eigenvalue weighted by Gasteiger charge is 2.19. The SMILES string of the molecule is C=CCCCN(C)C(=O)c1c(O)cccc1F. The van der Waals surface area contributed by atoms with E-state index in [-0.39, 0.29) is 11.3 Å². The van der Waals surface area contributed by atoms with E-state index >= 15 is 0 Å². The fourth-order valence-electron chi connectivity index (χ4n) is 1.49. The highest BCUT2D eigenvalue weighted by Crippen LogP contribution is 2.21. The van der Waals surface area contributed by atoms with Crippen molar-refractivity contribution in [3.05, 3.63) is 42.2 Å². The molecule has 4 heteroatoms. The summed E-state index contributed by atoms with van der Waals surface area (Å²) in [5.41, 5.74) is -0.270. The zero-order valence-electron chi connectivity index (χ0n) is 9.82. The lowest BCUT2D eigenvalue weighted by Crippen LogP contribution is -2.28. The van der Waals surface area contributed by atoms with Gasteiger partial charge in [0.05, 0.1) is 0 Å². The molecule has 17 heavy (non-hydrogen) atoms. The largest absolute Gasteiger partial charge is 0.507 e. The lowest BCUT2D eigenvalue weighted by molar-refractivity contribution is 0.0786. The second kappa shape index (κ2) is 6.03. The lowest BCUT2D eigenvalue weighted by atomic mass is 10.1. The number of hydrogen-bond donors (Lipinski definition) is 1. The molecule has 0 aliphatic heterocycles. The van der Waals surface area contributed by atoms with Gasteiger partial charge in [-0.15, -0.1) is 6.58 Å². The molecule has 0 aromatic heterocycles. The Bertz CT molecular complexity index is 398. The third-order valence-corrected chi connectivity index (χ3v) is 2.45. The van der Waals surface area contributed by atoms with E-state index in [0.717, 1.165) is 18.9 Å². The number of amides is 1. The number of benzene rings is 1. The maximum Gasteiger partial charge on any atom is 0.260 e. The van der Waals surface area contributed by atoms with Crippen molar-refractivity contribution in [3.63, 3.8) is 0 Å². The van der Waals surface area contributed by atoms with Crippen LogP contribution in [0.5, 0.6) is 5.75 Å². The van der Waals surface area contributed by atoms with Gasteiger partial charge in [0, 0.05) is 13.6 Å². The van der Waals surface area contributed by atoms with E-state index < -0.39 is 11.7 Å². The van der Waals surface area contributed by atoms with Crippen LogP contribution in [0.3, 0.4) is 0 Å². The molecule has 0 heterocycles. The van der Waals surface area contributed by atoms with Crippen molar-refractivity contribution in [2.45, 2.75) is 12.8 Å². The van der Waals surface area contributed by atoms with Crippen LogP contribution in [0.15, 0.2) is 30.9 Å². The number of nitrogens with zero attached hydrogens (tertiary/aromatic N) is 1. The van der Waals surface area contributed by atoms with Gasteiger partial charge in [-0.1, -0.05) is 12.1 Å². The third-order valence-electron chi connectivity index (χ3n) is 2.45. The van der Waals surface area contributed by atoms with Crippen molar-refractivity contribution in [1.29, 1.82) is 0 Å². The first kappa shape index (κ1) is 13.2. The minimum atomic E-state index is -0.703. The number of carbonyl (C=O) groups is 1. The van der Waals surface area contributed by atoms with Gasteiger partial charge in [0.15, 0.2) is 0 Å². The molecular formula is C13H16FNO2. The summed E-state index contributed by atoms with van der Waals surface area (Å²) in [5, 5.41) is 9.48. The molecule has 0 atom stereocenters. The van der Waals surface area contributed by atoms with Crippen LogP contribution in [0.2, 0.25) is 0 Å². The minimum Gasteiger partial charge on any atom is -0.507 e. The zero-order chi connectivity index (χ0) is 12.8. The Morgan fingerprint density at radius 1 is 1.59 bits per heavy atom. The van der Waals surface area contributed by atoms with Crippen LogP contribution in [0, 0.1) is 5.82 Å². The summed E-state index contributed by atoms with van der Waals surface area (Å²) < 4.78 is 13.4. The molecule has 0 unspecified atom stereocenters. The molecule has 0 radical (unpaired) electrons. The molecule has 1 aromatic carbocycles. The maximum atomic E-state index is 13.4. The van der Waals surface area contributed by atoms with Gasteiger partial charge in [-0.3, -0.25) is 4.79 Å². The number of carbonyl (C=O) groups excluding carboxylic acids is 1. The smallest absolute Gasteiger partial charge is 0.260 e. The van der Waals surface area contributed by atoms with Crippen LogP contribution in [0.1, 0.15) is 23.2 Å². The molecule has 3 nitrogen and oxygen atoms in total. The second-order valence-electron chi connectivity index (χ2n) is 3.79. The molecular weight excluding hydrogens is 221 g/mol. The van der Waals surface area contributed by atoms with Gasteiger partial charge in [-0.05, 0) is 25.0 Å². The molecule has 0 bridgehead atoms. The Hall–Kier alpha value is -1.84. The topological polar surface area (TPSA) is 40.5 Å². The summed E-state index contributed by atoms with van der Waals surface area (Å²) in [7, 11) is 1.58. The van der Waals surface area contributed by atoms with Crippen molar-refractivity contribution in [1.82, 2.24) is 4.90 Å². The minimum absolute atomic E-state index is 0.270. The van der Waals surface area contributed by atoms with E-state index in [0.29, 0.717) is 6.54 Å². The van der Waals surface area contributed by atoms with E-state index in [1.54, 1.807) is 13.1 Å². The molecule has 0 aliphatic rings. The van der Waals surface area contributed by atoms with E-state index in [1.807, 2.05) is 0 Å². The number of allylic oxidation sites excluding steroid dienone is 1. The fourth-order valence-corrected chi connectivity index (χ4v) is 1.49. The number of rotatable bonds is 5. The second-order valence-corrected chi connectivity index (χ2v) is 3.79. The van der Waals surface area contributed by atoms with E-state index in [1.165, 1.54) is 17.0 Å². The molecule has 0 saturated heterocycles. The number of aromatic hydroxyl groups is 1. The number of unbranched alkanes of at least 4 members (excludes halogenated alkanes) is 1. The first-order valence-electron chi connectivity index (χ1n) is 5.41. The predicted molar refractivity (Wildman–Crippen MR) is 64.5 cm³/mol. The van der Waals surface area contributed by atoms with Gasteiger partial charge < -0.3 is 10.0 Å². The van der Waals surface area contributed by atoms with E-state index in [2.05, 4.69) is 6.58 Å². The van der Waals surface area contributed by atoms with Gasteiger partial charge in [-0.25, -0.2) is 4.39 Å².